The van der Waals surface area contributed by atoms with E-state index >= 15 is 0 Å². The van der Waals surface area contributed by atoms with E-state index in [9.17, 15) is 0 Å². The number of methoxy groups -OCH3 is 1. The van der Waals surface area contributed by atoms with Crippen LogP contribution in [0.5, 0.6) is 0 Å². The van der Waals surface area contributed by atoms with Gasteiger partial charge in [0.05, 0.1) is 5.60 Å². The van der Waals surface area contributed by atoms with E-state index in [0.717, 1.165) is 12.5 Å². The van der Waals surface area contributed by atoms with Gasteiger partial charge in [0.25, 0.3) is 0 Å². The lowest BCUT2D eigenvalue weighted by Gasteiger charge is -2.39. The molecule has 0 saturated heterocycles. The molecule has 0 radical (unpaired) electrons. The van der Waals surface area contributed by atoms with Gasteiger partial charge in [-0.1, -0.05) is 27.2 Å². The molecule has 108 valence electrons. The highest BCUT2D eigenvalue weighted by molar-refractivity contribution is 4.86. The van der Waals surface area contributed by atoms with Crippen molar-refractivity contribution in [1.29, 1.82) is 0 Å². The molecular formula is C16H33NO. The molecule has 1 aliphatic carbocycles. The summed E-state index contributed by atoms with van der Waals surface area (Å²) in [5, 5.41) is 3.68. The van der Waals surface area contributed by atoms with E-state index in [1.807, 2.05) is 0 Å². The minimum atomic E-state index is -0.0421. The van der Waals surface area contributed by atoms with Crippen LogP contribution in [0.15, 0.2) is 0 Å². The molecule has 1 fully saturated rings. The van der Waals surface area contributed by atoms with Gasteiger partial charge in [0.15, 0.2) is 0 Å². The summed E-state index contributed by atoms with van der Waals surface area (Å²) in [4.78, 5) is 0. The molecule has 1 saturated carbocycles. The zero-order valence-electron chi connectivity index (χ0n) is 13.3. The van der Waals surface area contributed by atoms with Crippen LogP contribution >= 0.6 is 0 Å². The van der Waals surface area contributed by atoms with Crippen LogP contribution in [0, 0.1) is 11.3 Å². The Morgan fingerprint density at radius 2 is 1.61 bits per heavy atom. The molecule has 2 nitrogen and oxygen atoms in total. The fourth-order valence-electron chi connectivity index (χ4n) is 2.83. The highest BCUT2D eigenvalue weighted by atomic mass is 16.5. The topological polar surface area (TPSA) is 21.3 Å². The van der Waals surface area contributed by atoms with E-state index in [4.69, 9.17) is 4.74 Å². The summed E-state index contributed by atoms with van der Waals surface area (Å²) in [5.41, 5.74) is 0.482. The first-order valence-electron chi connectivity index (χ1n) is 7.59. The molecular weight excluding hydrogens is 222 g/mol. The van der Waals surface area contributed by atoms with Crippen molar-refractivity contribution < 1.29 is 4.74 Å². The van der Waals surface area contributed by atoms with Gasteiger partial charge in [0.2, 0.25) is 0 Å². The van der Waals surface area contributed by atoms with E-state index in [0.29, 0.717) is 11.5 Å². The Morgan fingerprint density at radius 1 is 1.06 bits per heavy atom. The second-order valence-corrected chi connectivity index (χ2v) is 7.24. The number of hydrogen-bond acceptors (Lipinski definition) is 2. The zero-order valence-corrected chi connectivity index (χ0v) is 13.3. The maximum Gasteiger partial charge on any atom is 0.0746 e. The van der Waals surface area contributed by atoms with Crippen LogP contribution < -0.4 is 5.32 Å². The largest absolute Gasteiger partial charge is 0.377 e. The molecule has 1 aliphatic rings. The van der Waals surface area contributed by atoms with Crippen LogP contribution in [0.2, 0.25) is 0 Å². The van der Waals surface area contributed by atoms with Crippen molar-refractivity contribution in [2.24, 2.45) is 11.3 Å². The second-order valence-electron chi connectivity index (χ2n) is 7.24. The Hall–Kier alpha value is -0.0800. The lowest BCUT2D eigenvalue weighted by molar-refractivity contribution is 0.0184. The van der Waals surface area contributed by atoms with Crippen LogP contribution in [0.25, 0.3) is 0 Å². The third-order valence-electron chi connectivity index (χ3n) is 5.11. The van der Waals surface area contributed by atoms with Crippen molar-refractivity contribution >= 4 is 0 Å². The fourth-order valence-corrected chi connectivity index (χ4v) is 2.83. The van der Waals surface area contributed by atoms with Gasteiger partial charge in [-0.3, -0.25) is 0 Å². The summed E-state index contributed by atoms with van der Waals surface area (Å²) in [6.45, 7) is 12.4. The van der Waals surface area contributed by atoms with E-state index < -0.39 is 0 Å². The molecule has 0 spiro atoms. The first kappa shape index (κ1) is 16.0. The summed E-state index contributed by atoms with van der Waals surface area (Å²) in [6.07, 6.45) is 6.71. The summed E-state index contributed by atoms with van der Waals surface area (Å²) in [5.74, 6) is 0.913. The first-order valence-corrected chi connectivity index (χ1v) is 7.59. The third kappa shape index (κ3) is 4.55. The van der Waals surface area contributed by atoms with Crippen LogP contribution in [0.3, 0.4) is 0 Å². The van der Waals surface area contributed by atoms with Crippen molar-refractivity contribution in [3.8, 4) is 0 Å². The minimum Gasteiger partial charge on any atom is -0.377 e. The molecule has 0 atom stereocenters. The van der Waals surface area contributed by atoms with Crippen LogP contribution in [-0.2, 0) is 4.74 Å². The normalized spacial score (nSPS) is 26.3. The summed E-state index contributed by atoms with van der Waals surface area (Å²) < 4.78 is 5.46. The molecule has 0 aromatic carbocycles. The zero-order chi connectivity index (χ0) is 13.8. The van der Waals surface area contributed by atoms with Crippen LogP contribution in [0.1, 0.15) is 66.7 Å². The van der Waals surface area contributed by atoms with Gasteiger partial charge in [-0.15, -0.1) is 0 Å². The van der Waals surface area contributed by atoms with Crippen molar-refractivity contribution in [3.63, 3.8) is 0 Å². The van der Waals surface area contributed by atoms with Gasteiger partial charge in [-0.25, -0.2) is 0 Å². The number of hydrogen-bond donors (Lipinski definition) is 1. The predicted molar refractivity (Wildman–Crippen MR) is 78.9 cm³/mol. The first-order chi connectivity index (χ1) is 8.30. The number of rotatable bonds is 6. The van der Waals surface area contributed by atoms with Crippen molar-refractivity contribution in [1.82, 2.24) is 5.32 Å². The Labute approximate surface area is 114 Å². The molecule has 0 unspecified atom stereocenters. The van der Waals surface area contributed by atoms with Gasteiger partial charge >= 0.3 is 0 Å². The Morgan fingerprint density at radius 3 is 2.06 bits per heavy atom. The summed E-state index contributed by atoms with van der Waals surface area (Å²) in [7, 11) is 1.79. The standard InChI is InChI=1S/C16H33NO/c1-7-15(2,3)13-8-10-14(11-9-13)17-12-16(4,5)18-6/h13-14,17H,7-12H2,1-6H3. The van der Waals surface area contributed by atoms with Gasteiger partial charge in [-0.2, -0.15) is 0 Å². The molecule has 1 N–H and O–H groups in total. The predicted octanol–water partition coefficient (Wildman–Crippen LogP) is 4.00. The molecule has 1 rings (SSSR count). The quantitative estimate of drug-likeness (QED) is 0.774. The van der Waals surface area contributed by atoms with Crippen molar-refractivity contribution in [2.75, 3.05) is 13.7 Å². The van der Waals surface area contributed by atoms with E-state index in [-0.39, 0.29) is 5.60 Å². The van der Waals surface area contributed by atoms with E-state index in [1.54, 1.807) is 7.11 Å². The van der Waals surface area contributed by atoms with Crippen molar-refractivity contribution in [3.05, 3.63) is 0 Å². The Bertz CT molecular complexity index is 239. The van der Waals surface area contributed by atoms with Gasteiger partial charge in [0.1, 0.15) is 0 Å². The third-order valence-corrected chi connectivity index (χ3v) is 5.11. The molecule has 2 heteroatoms. The summed E-state index contributed by atoms with van der Waals surface area (Å²) >= 11 is 0. The van der Waals surface area contributed by atoms with E-state index in [2.05, 4.69) is 39.9 Å². The molecule has 0 amide bonds. The highest BCUT2D eigenvalue weighted by Gasteiger charge is 2.32. The molecule has 0 heterocycles. The highest BCUT2D eigenvalue weighted by Crippen LogP contribution is 2.40. The van der Waals surface area contributed by atoms with E-state index in [1.165, 1.54) is 32.1 Å². The molecule has 0 aromatic heterocycles. The monoisotopic (exact) mass is 255 g/mol. The number of nitrogens with one attached hydrogen (secondary N) is 1. The average Bonchev–Trinajstić information content (AvgIpc) is 2.37. The molecule has 18 heavy (non-hydrogen) atoms. The Balaban J connectivity index is 2.32. The van der Waals surface area contributed by atoms with Gasteiger partial charge in [-0.05, 0) is 50.9 Å². The van der Waals surface area contributed by atoms with Crippen LogP contribution in [-0.4, -0.2) is 25.3 Å². The maximum atomic E-state index is 5.46. The fraction of sp³-hybridized carbons (Fsp3) is 1.00. The second kappa shape index (κ2) is 6.38. The molecule has 0 aromatic rings. The lowest BCUT2D eigenvalue weighted by atomic mass is 9.69. The minimum absolute atomic E-state index is 0.0421. The summed E-state index contributed by atoms with van der Waals surface area (Å²) in [6, 6.07) is 0.698. The average molecular weight is 255 g/mol. The SMILES string of the molecule is CCC(C)(C)C1CCC(NCC(C)(C)OC)CC1. The molecule has 0 aliphatic heterocycles. The smallest absolute Gasteiger partial charge is 0.0746 e. The Kier molecular flexibility index (Phi) is 5.67. The van der Waals surface area contributed by atoms with Gasteiger partial charge < -0.3 is 10.1 Å². The van der Waals surface area contributed by atoms with Crippen LogP contribution in [0.4, 0.5) is 0 Å². The van der Waals surface area contributed by atoms with Gasteiger partial charge in [0, 0.05) is 19.7 Å². The van der Waals surface area contributed by atoms with Crippen molar-refractivity contribution in [2.45, 2.75) is 78.4 Å². The lowest BCUT2D eigenvalue weighted by Crippen LogP contribution is -2.44. The maximum absolute atomic E-state index is 5.46. The number of ether oxygens (including phenoxy) is 1. The molecule has 0 bridgehead atoms.